The van der Waals surface area contributed by atoms with E-state index in [-0.39, 0.29) is 12.5 Å². The van der Waals surface area contributed by atoms with Gasteiger partial charge in [0.25, 0.3) is 5.91 Å². The molecule has 1 aromatic rings. The van der Waals surface area contributed by atoms with Crippen molar-refractivity contribution >= 4 is 11.6 Å². The maximum absolute atomic E-state index is 12.5. The Labute approximate surface area is 118 Å². The number of β-amino-alcohol motifs (C(OH)–C–C–N with tert-alkyl or cyclic N) is 1. The first-order valence-corrected chi connectivity index (χ1v) is 7.12. The first-order valence-electron chi connectivity index (χ1n) is 7.12. The minimum Gasteiger partial charge on any atom is -0.395 e. The summed E-state index contributed by atoms with van der Waals surface area (Å²) in [5.41, 5.74) is 7.56. The number of carbonyl (C=O) groups excluding carboxylic acids is 1. The van der Waals surface area contributed by atoms with Gasteiger partial charge in [0, 0.05) is 26.2 Å². The number of nitrogen functional groups attached to an aromatic ring is 1. The van der Waals surface area contributed by atoms with Crippen LogP contribution < -0.4 is 5.73 Å². The highest BCUT2D eigenvalue weighted by Crippen LogP contribution is 2.17. The lowest BCUT2D eigenvalue weighted by Gasteiger charge is -2.20. The van der Waals surface area contributed by atoms with Gasteiger partial charge in [-0.2, -0.15) is 5.10 Å². The van der Waals surface area contributed by atoms with E-state index in [2.05, 4.69) is 15.1 Å². The van der Waals surface area contributed by atoms with Crippen molar-refractivity contribution in [3.63, 3.8) is 0 Å². The summed E-state index contributed by atoms with van der Waals surface area (Å²) in [6.07, 6.45) is 1.63. The standard InChI is InChI=1S/C13H23N5O2/c1-2-10-11(14)12(16-15-10)13(20)18-5-3-4-17(6-7-18)8-9-19/h19H,2-9,14H2,1H3,(H,15,16). The molecule has 20 heavy (non-hydrogen) atoms. The van der Waals surface area contributed by atoms with Crippen LogP contribution in [0.3, 0.4) is 0 Å². The van der Waals surface area contributed by atoms with Gasteiger partial charge < -0.3 is 15.7 Å². The number of aliphatic hydroxyl groups excluding tert-OH is 1. The molecule has 1 fully saturated rings. The Morgan fingerprint density at radius 1 is 1.40 bits per heavy atom. The summed E-state index contributed by atoms with van der Waals surface area (Å²) in [5, 5.41) is 15.9. The van der Waals surface area contributed by atoms with E-state index >= 15 is 0 Å². The summed E-state index contributed by atoms with van der Waals surface area (Å²) in [6.45, 7) is 5.81. The van der Waals surface area contributed by atoms with Crippen molar-refractivity contribution < 1.29 is 9.90 Å². The molecule has 0 aliphatic carbocycles. The number of hydrogen-bond acceptors (Lipinski definition) is 5. The Bertz CT molecular complexity index is 460. The van der Waals surface area contributed by atoms with Gasteiger partial charge in [-0.1, -0.05) is 6.92 Å². The summed E-state index contributed by atoms with van der Waals surface area (Å²) in [4.78, 5) is 16.4. The van der Waals surface area contributed by atoms with Gasteiger partial charge in [-0.15, -0.1) is 0 Å². The first-order chi connectivity index (χ1) is 9.67. The molecule has 0 aromatic carbocycles. The molecule has 0 bridgehead atoms. The van der Waals surface area contributed by atoms with E-state index in [9.17, 15) is 4.79 Å². The minimum atomic E-state index is -0.107. The maximum Gasteiger partial charge on any atom is 0.276 e. The van der Waals surface area contributed by atoms with Crippen molar-refractivity contribution in [2.24, 2.45) is 0 Å². The van der Waals surface area contributed by atoms with E-state index in [1.807, 2.05) is 6.92 Å². The fraction of sp³-hybridized carbons (Fsp3) is 0.692. The number of nitrogens with one attached hydrogen (secondary N) is 1. The molecule has 0 radical (unpaired) electrons. The summed E-state index contributed by atoms with van der Waals surface area (Å²) in [5.74, 6) is -0.107. The van der Waals surface area contributed by atoms with E-state index in [1.165, 1.54) is 0 Å². The fourth-order valence-corrected chi connectivity index (χ4v) is 2.51. The monoisotopic (exact) mass is 281 g/mol. The van der Waals surface area contributed by atoms with Gasteiger partial charge in [0.05, 0.1) is 18.0 Å². The summed E-state index contributed by atoms with van der Waals surface area (Å²) in [6, 6.07) is 0. The van der Waals surface area contributed by atoms with Crippen molar-refractivity contribution in [3.8, 4) is 0 Å². The lowest BCUT2D eigenvalue weighted by molar-refractivity contribution is 0.0755. The Hall–Kier alpha value is -1.60. The van der Waals surface area contributed by atoms with Crippen LogP contribution in [0.5, 0.6) is 0 Å². The molecule has 1 aliphatic rings. The van der Waals surface area contributed by atoms with Crippen molar-refractivity contribution in [1.29, 1.82) is 0 Å². The third kappa shape index (κ3) is 3.10. The van der Waals surface area contributed by atoms with Crippen molar-refractivity contribution in [2.45, 2.75) is 19.8 Å². The zero-order chi connectivity index (χ0) is 14.5. The molecular weight excluding hydrogens is 258 g/mol. The molecule has 0 atom stereocenters. The van der Waals surface area contributed by atoms with Crippen LogP contribution in [-0.2, 0) is 6.42 Å². The lowest BCUT2D eigenvalue weighted by Crippen LogP contribution is -2.36. The van der Waals surface area contributed by atoms with E-state index in [1.54, 1.807) is 4.90 Å². The Kier molecular flexibility index (Phi) is 4.97. The molecule has 0 saturated carbocycles. The molecular formula is C13H23N5O2. The van der Waals surface area contributed by atoms with Crippen LogP contribution in [0.25, 0.3) is 0 Å². The smallest absolute Gasteiger partial charge is 0.276 e. The van der Waals surface area contributed by atoms with E-state index in [0.29, 0.717) is 31.0 Å². The predicted molar refractivity (Wildman–Crippen MR) is 76.4 cm³/mol. The summed E-state index contributed by atoms with van der Waals surface area (Å²) in [7, 11) is 0. The highest BCUT2D eigenvalue weighted by molar-refractivity contribution is 5.97. The molecule has 7 heteroatoms. The number of rotatable bonds is 4. The number of carbonyl (C=O) groups is 1. The average molecular weight is 281 g/mol. The molecule has 1 aliphatic heterocycles. The van der Waals surface area contributed by atoms with Gasteiger partial charge in [-0.3, -0.25) is 14.8 Å². The van der Waals surface area contributed by atoms with E-state index < -0.39 is 0 Å². The largest absolute Gasteiger partial charge is 0.395 e. The molecule has 0 spiro atoms. The Balaban J connectivity index is 2.03. The number of H-pyrrole nitrogens is 1. The van der Waals surface area contributed by atoms with Crippen LogP contribution in [0.1, 0.15) is 29.5 Å². The van der Waals surface area contributed by atoms with Crippen LogP contribution in [-0.4, -0.2) is 70.3 Å². The second-order valence-corrected chi connectivity index (χ2v) is 5.03. The number of nitrogens with two attached hydrogens (primary N) is 1. The number of aromatic nitrogens is 2. The van der Waals surface area contributed by atoms with Crippen molar-refractivity contribution in [2.75, 3.05) is 45.1 Å². The zero-order valence-corrected chi connectivity index (χ0v) is 11.9. The van der Waals surface area contributed by atoms with Crippen LogP contribution >= 0.6 is 0 Å². The van der Waals surface area contributed by atoms with Crippen molar-refractivity contribution in [3.05, 3.63) is 11.4 Å². The number of anilines is 1. The molecule has 1 saturated heterocycles. The number of aromatic amines is 1. The number of nitrogens with zero attached hydrogens (tertiary/aromatic N) is 3. The van der Waals surface area contributed by atoms with Gasteiger partial charge >= 0.3 is 0 Å². The Morgan fingerprint density at radius 2 is 2.20 bits per heavy atom. The SMILES string of the molecule is CCc1[nH]nc(C(=O)N2CCCN(CCO)CC2)c1N. The van der Waals surface area contributed by atoms with Crippen LogP contribution in [0.15, 0.2) is 0 Å². The Morgan fingerprint density at radius 3 is 2.85 bits per heavy atom. The van der Waals surface area contributed by atoms with Crippen LogP contribution in [0, 0.1) is 0 Å². The molecule has 1 aromatic heterocycles. The van der Waals surface area contributed by atoms with Crippen LogP contribution in [0.4, 0.5) is 5.69 Å². The zero-order valence-electron chi connectivity index (χ0n) is 11.9. The fourth-order valence-electron chi connectivity index (χ4n) is 2.51. The quantitative estimate of drug-likeness (QED) is 0.703. The second-order valence-electron chi connectivity index (χ2n) is 5.03. The highest BCUT2D eigenvalue weighted by Gasteiger charge is 2.24. The van der Waals surface area contributed by atoms with Crippen molar-refractivity contribution in [1.82, 2.24) is 20.0 Å². The molecule has 2 rings (SSSR count). The third-order valence-electron chi connectivity index (χ3n) is 3.73. The molecule has 1 amide bonds. The minimum absolute atomic E-state index is 0.107. The summed E-state index contributed by atoms with van der Waals surface area (Å²) >= 11 is 0. The molecule has 7 nitrogen and oxygen atoms in total. The number of aliphatic hydroxyl groups is 1. The normalized spacial score (nSPS) is 17.2. The van der Waals surface area contributed by atoms with Gasteiger partial charge in [0.15, 0.2) is 5.69 Å². The van der Waals surface area contributed by atoms with Gasteiger partial charge in [-0.25, -0.2) is 0 Å². The second kappa shape index (κ2) is 6.71. The third-order valence-corrected chi connectivity index (χ3v) is 3.73. The first kappa shape index (κ1) is 14.8. The maximum atomic E-state index is 12.5. The molecule has 0 unspecified atom stereocenters. The number of aryl methyl sites for hydroxylation is 1. The lowest BCUT2D eigenvalue weighted by atomic mass is 10.2. The number of hydrogen-bond donors (Lipinski definition) is 3. The highest BCUT2D eigenvalue weighted by atomic mass is 16.3. The molecule has 2 heterocycles. The number of amides is 1. The predicted octanol–water partition coefficient (Wildman–Crippen LogP) is -0.305. The van der Waals surface area contributed by atoms with Gasteiger partial charge in [0.1, 0.15) is 0 Å². The molecule has 4 N–H and O–H groups in total. The van der Waals surface area contributed by atoms with Crippen LogP contribution in [0.2, 0.25) is 0 Å². The van der Waals surface area contributed by atoms with E-state index in [4.69, 9.17) is 10.8 Å². The van der Waals surface area contributed by atoms with E-state index in [0.717, 1.165) is 31.6 Å². The molecule has 112 valence electrons. The topological polar surface area (TPSA) is 98.5 Å². The van der Waals surface area contributed by atoms with Gasteiger partial charge in [0.2, 0.25) is 0 Å². The average Bonchev–Trinajstić information content (AvgIpc) is 2.67. The summed E-state index contributed by atoms with van der Waals surface area (Å²) < 4.78 is 0. The van der Waals surface area contributed by atoms with Gasteiger partial charge in [-0.05, 0) is 19.4 Å².